The number of cyclic esters (lactones) is 2. The van der Waals surface area contributed by atoms with Crippen molar-refractivity contribution >= 4 is 35.3 Å². The molecule has 164 valence electrons. The second kappa shape index (κ2) is 11.1. The highest BCUT2D eigenvalue weighted by Gasteiger charge is 2.35. The Morgan fingerprint density at radius 1 is 0.724 bits per heavy atom. The van der Waals surface area contributed by atoms with Gasteiger partial charge in [-0.1, -0.05) is 0 Å². The van der Waals surface area contributed by atoms with Crippen LogP contribution in [0.5, 0.6) is 0 Å². The first-order valence-corrected chi connectivity index (χ1v) is 11.0. The van der Waals surface area contributed by atoms with E-state index in [1.165, 1.54) is 0 Å². The fourth-order valence-electron chi connectivity index (χ4n) is 3.42. The topological polar surface area (TPSA) is 127 Å². The number of carbonyl (C=O) groups is 4. The Morgan fingerprint density at radius 3 is 1.48 bits per heavy atom. The molecule has 2 aliphatic rings. The van der Waals surface area contributed by atoms with Gasteiger partial charge in [0, 0.05) is 36.2 Å². The lowest BCUT2D eigenvalue weighted by Gasteiger charge is -2.30. The van der Waals surface area contributed by atoms with E-state index in [-0.39, 0.29) is 50.1 Å². The minimum atomic E-state index is -1.16. The molecule has 2 N–H and O–H groups in total. The number of Topliss-reactive ketones (excluding diaryl/α,β-unsaturated/α-hetero) is 2. The van der Waals surface area contributed by atoms with Crippen molar-refractivity contribution < 1.29 is 38.9 Å². The third-order valence-electron chi connectivity index (χ3n) is 5.14. The third-order valence-corrected chi connectivity index (χ3v) is 6.80. The predicted octanol–water partition coefficient (Wildman–Crippen LogP) is 1.33. The molecule has 0 bridgehead atoms. The van der Waals surface area contributed by atoms with Crippen LogP contribution < -0.4 is 0 Å². The molecule has 29 heavy (non-hydrogen) atoms. The molecule has 2 saturated heterocycles. The zero-order chi connectivity index (χ0) is 21.6. The molecule has 0 spiro atoms. The maximum atomic E-state index is 12.3. The van der Waals surface area contributed by atoms with Crippen LogP contribution in [0.2, 0.25) is 0 Å². The first-order valence-electron chi connectivity index (χ1n) is 10.1. The zero-order valence-electron chi connectivity index (χ0n) is 16.9. The number of esters is 2. The van der Waals surface area contributed by atoms with Gasteiger partial charge in [0.1, 0.15) is 11.6 Å². The van der Waals surface area contributed by atoms with E-state index in [0.717, 1.165) is 11.8 Å². The van der Waals surface area contributed by atoms with E-state index < -0.39 is 46.9 Å². The maximum absolute atomic E-state index is 12.3. The zero-order valence-corrected chi connectivity index (χ0v) is 17.7. The fraction of sp³-hybridized carbons (Fsp3) is 0.800. The summed E-state index contributed by atoms with van der Waals surface area (Å²) < 4.78 is 10.4. The Labute approximate surface area is 174 Å². The first kappa shape index (κ1) is 23.8. The molecular formula is C20H30O8S. The summed E-state index contributed by atoms with van der Waals surface area (Å²) in [6, 6.07) is 0. The van der Waals surface area contributed by atoms with Crippen LogP contribution in [0.4, 0.5) is 0 Å². The molecule has 0 aromatic rings. The van der Waals surface area contributed by atoms with Gasteiger partial charge in [-0.3, -0.25) is 19.2 Å². The maximum Gasteiger partial charge on any atom is 0.308 e. The van der Waals surface area contributed by atoms with Crippen LogP contribution in [0.1, 0.15) is 65.2 Å². The molecule has 6 atom stereocenters. The summed E-state index contributed by atoms with van der Waals surface area (Å²) >= 11 is 1.09. The molecular weight excluding hydrogens is 400 g/mol. The lowest BCUT2D eigenvalue weighted by Crippen LogP contribution is -2.37. The van der Waals surface area contributed by atoms with Crippen LogP contribution in [0.3, 0.4) is 0 Å². The number of hydrogen-bond acceptors (Lipinski definition) is 9. The second-order valence-corrected chi connectivity index (χ2v) is 9.40. The van der Waals surface area contributed by atoms with Crippen LogP contribution in [-0.2, 0) is 28.7 Å². The second-order valence-electron chi connectivity index (χ2n) is 7.92. The van der Waals surface area contributed by atoms with Gasteiger partial charge >= 0.3 is 11.9 Å². The number of aliphatic hydroxyl groups excluding tert-OH is 2. The summed E-state index contributed by atoms with van der Waals surface area (Å²) in [7, 11) is 0. The van der Waals surface area contributed by atoms with E-state index in [1.54, 1.807) is 13.8 Å². The molecule has 0 unspecified atom stereocenters. The summed E-state index contributed by atoms with van der Waals surface area (Å²) in [6.07, 6.45) is -2.37. The molecule has 0 aliphatic carbocycles. The number of aliphatic hydroxyl groups is 2. The first-order chi connectivity index (χ1) is 13.6. The summed E-state index contributed by atoms with van der Waals surface area (Å²) in [5.74, 6) is -1.27. The largest absolute Gasteiger partial charge is 0.463 e. The fourth-order valence-corrected chi connectivity index (χ4v) is 4.99. The molecule has 2 heterocycles. The molecule has 0 radical (unpaired) electrons. The van der Waals surface area contributed by atoms with Crippen LogP contribution in [-0.4, -0.2) is 68.6 Å². The van der Waals surface area contributed by atoms with Gasteiger partial charge in [-0.15, -0.1) is 11.8 Å². The van der Waals surface area contributed by atoms with Crippen molar-refractivity contribution in [2.45, 2.75) is 100 Å². The molecule has 2 rings (SSSR count). The van der Waals surface area contributed by atoms with Gasteiger partial charge < -0.3 is 19.7 Å². The average molecular weight is 431 g/mol. The van der Waals surface area contributed by atoms with E-state index in [0.29, 0.717) is 12.8 Å². The van der Waals surface area contributed by atoms with Crippen LogP contribution in [0.25, 0.3) is 0 Å². The Morgan fingerprint density at radius 2 is 1.10 bits per heavy atom. The smallest absolute Gasteiger partial charge is 0.308 e. The Balaban J connectivity index is 2.14. The normalized spacial score (nSPS) is 36.1. The molecule has 0 aromatic carbocycles. The van der Waals surface area contributed by atoms with Gasteiger partial charge in [0.05, 0.1) is 37.3 Å². The van der Waals surface area contributed by atoms with Crippen LogP contribution >= 0.6 is 11.8 Å². The number of carbonyl (C=O) groups excluding carboxylic acids is 4. The summed E-state index contributed by atoms with van der Waals surface area (Å²) in [5.41, 5.74) is 0. The average Bonchev–Trinajstić information content (AvgIpc) is 2.61. The highest BCUT2D eigenvalue weighted by molar-refractivity contribution is 8.00. The van der Waals surface area contributed by atoms with E-state index >= 15 is 0 Å². The Hall–Kier alpha value is -1.45. The lowest BCUT2D eigenvalue weighted by molar-refractivity contribution is -0.152. The van der Waals surface area contributed by atoms with Gasteiger partial charge in [0.25, 0.3) is 0 Å². The van der Waals surface area contributed by atoms with Crippen molar-refractivity contribution in [3.8, 4) is 0 Å². The molecule has 0 aromatic heterocycles. The quantitative estimate of drug-likeness (QED) is 0.624. The number of ketones is 2. The highest BCUT2D eigenvalue weighted by atomic mass is 32.2. The number of rotatable bonds is 2. The third kappa shape index (κ3) is 8.06. The Kier molecular flexibility index (Phi) is 9.10. The lowest BCUT2D eigenvalue weighted by atomic mass is 10.0. The summed E-state index contributed by atoms with van der Waals surface area (Å²) in [6.45, 7) is 3.40. The molecule has 0 saturated carbocycles. The van der Waals surface area contributed by atoms with Gasteiger partial charge in [0.15, 0.2) is 0 Å². The van der Waals surface area contributed by atoms with Gasteiger partial charge in [-0.05, 0) is 26.7 Å². The van der Waals surface area contributed by atoms with E-state index in [2.05, 4.69) is 0 Å². The van der Waals surface area contributed by atoms with Crippen molar-refractivity contribution in [2.24, 2.45) is 0 Å². The predicted molar refractivity (Wildman–Crippen MR) is 105 cm³/mol. The number of ether oxygens (including phenoxy) is 2. The minimum Gasteiger partial charge on any atom is -0.463 e. The van der Waals surface area contributed by atoms with Gasteiger partial charge in [-0.25, -0.2) is 0 Å². The van der Waals surface area contributed by atoms with Crippen molar-refractivity contribution in [2.75, 3.05) is 0 Å². The summed E-state index contributed by atoms with van der Waals surface area (Å²) in [5, 5.41) is 19.7. The van der Waals surface area contributed by atoms with E-state index in [1.807, 2.05) is 0 Å². The Bertz CT molecular complexity index is 570. The molecule has 2 fully saturated rings. The van der Waals surface area contributed by atoms with Crippen molar-refractivity contribution in [1.29, 1.82) is 0 Å². The molecule has 0 amide bonds. The molecule has 8 nitrogen and oxygen atoms in total. The van der Waals surface area contributed by atoms with Gasteiger partial charge in [-0.2, -0.15) is 0 Å². The van der Waals surface area contributed by atoms with Crippen molar-refractivity contribution in [1.82, 2.24) is 0 Å². The SMILES string of the molecule is C[C@@H]1CCC(=O)C[C@@H](S[C@@H]2CC(=O)CC[C@@H](C)OC(=O)C[C@@H]2O)[C@@H](O)CC(=O)O1. The van der Waals surface area contributed by atoms with E-state index in [9.17, 15) is 29.4 Å². The van der Waals surface area contributed by atoms with Crippen LogP contribution in [0, 0.1) is 0 Å². The summed E-state index contributed by atoms with van der Waals surface area (Å²) in [4.78, 5) is 48.6. The van der Waals surface area contributed by atoms with E-state index in [4.69, 9.17) is 9.47 Å². The standard InChI is InChI=1S/C20H30O8S/c1-11-3-5-13(21)7-17(15(23)9-19(25)27-11)29-18-8-14(22)6-4-12(2)28-20(26)10-16(18)24/h11-12,15-18,23-24H,3-10H2,1-2H3/t11-,12-,15+,16+,17-,18-/m1/s1. The minimum absolute atomic E-state index is 0.0186. The highest BCUT2D eigenvalue weighted by Crippen LogP contribution is 2.33. The number of hydrogen-bond donors (Lipinski definition) is 2. The number of thioether (sulfide) groups is 1. The monoisotopic (exact) mass is 430 g/mol. The van der Waals surface area contributed by atoms with Crippen molar-refractivity contribution in [3.05, 3.63) is 0 Å². The van der Waals surface area contributed by atoms with Crippen LogP contribution in [0.15, 0.2) is 0 Å². The molecule has 9 heteroatoms. The van der Waals surface area contributed by atoms with Gasteiger partial charge in [0.2, 0.25) is 0 Å². The van der Waals surface area contributed by atoms with Crippen molar-refractivity contribution in [3.63, 3.8) is 0 Å². The molecule has 2 aliphatic heterocycles.